The van der Waals surface area contributed by atoms with Crippen molar-refractivity contribution in [3.05, 3.63) is 34.1 Å². The molecule has 1 aromatic rings. The van der Waals surface area contributed by atoms with Crippen LogP contribution in [0, 0.1) is 0 Å². The van der Waals surface area contributed by atoms with E-state index >= 15 is 0 Å². The van der Waals surface area contributed by atoms with E-state index in [-0.39, 0.29) is 0 Å². The minimum atomic E-state index is 0.558. The number of allylic oxidation sites excluding steroid dienone is 1. The Bertz CT molecular complexity index is 312. The van der Waals surface area contributed by atoms with Crippen molar-refractivity contribution in [2.45, 2.75) is 6.42 Å². The third-order valence-electron chi connectivity index (χ3n) is 1.39. The zero-order valence-corrected chi connectivity index (χ0v) is 9.90. The number of nitrogens with zero attached hydrogens (tertiary/aromatic N) is 1. The van der Waals surface area contributed by atoms with E-state index in [4.69, 9.17) is 23.2 Å². The summed E-state index contributed by atoms with van der Waals surface area (Å²) in [4.78, 5) is 4.08. The summed E-state index contributed by atoms with van der Waals surface area (Å²) in [6.07, 6.45) is 6.44. The zero-order valence-electron chi connectivity index (χ0n) is 6.80. The third kappa shape index (κ3) is 3.67. The first-order valence-electron chi connectivity index (χ1n) is 3.77. The lowest BCUT2D eigenvalue weighted by Gasteiger charge is -1.96. The highest BCUT2D eigenvalue weighted by molar-refractivity contribution is 9.09. The lowest BCUT2D eigenvalue weighted by atomic mass is 10.3. The number of hydrogen-bond acceptors (Lipinski definition) is 1. The SMILES string of the molecule is Clc1cnc(C=CCCBr)c(Cl)c1. The first kappa shape index (κ1) is 11.0. The van der Waals surface area contributed by atoms with Gasteiger partial charge in [0.15, 0.2) is 0 Å². The van der Waals surface area contributed by atoms with Gasteiger partial charge < -0.3 is 0 Å². The molecule has 0 bridgehead atoms. The molecular formula is C9H8BrCl2N. The van der Waals surface area contributed by atoms with Crippen LogP contribution in [0.4, 0.5) is 0 Å². The highest BCUT2D eigenvalue weighted by atomic mass is 79.9. The van der Waals surface area contributed by atoms with Crippen LogP contribution in [0.3, 0.4) is 0 Å². The summed E-state index contributed by atoms with van der Waals surface area (Å²) < 4.78 is 0. The predicted molar refractivity (Wildman–Crippen MR) is 61.7 cm³/mol. The largest absolute Gasteiger partial charge is 0.254 e. The van der Waals surface area contributed by atoms with E-state index in [0.717, 1.165) is 17.4 Å². The maximum absolute atomic E-state index is 5.90. The molecule has 1 nitrogen and oxygen atoms in total. The van der Waals surface area contributed by atoms with Crippen molar-refractivity contribution in [3.63, 3.8) is 0 Å². The van der Waals surface area contributed by atoms with Gasteiger partial charge in [0.25, 0.3) is 0 Å². The number of rotatable bonds is 3. The molecule has 0 saturated carbocycles. The molecule has 4 heteroatoms. The highest BCUT2D eigenvalue weighted by Crippen LogP contribution is 2.19. The second-order valence-electron chi connectivity index (χ2n) is 2.40. The Balaban J connectivity index is 2.77. The molecule has 0 aliphatic carbocycles. The molecule has 0 aliphatic rings. The fraction of sp³-hybridized carbons (Fsp3) is 0.222. The number of pyridine rings is 1. The van der Waals surface area contributed by atoms with E-state index in [2.05, 4.69) is 20.9 Å². The van der Waals surface area contributed by atoms with Gasteiger partial charge >= 0.3 is 0 Å². The molecular weight excluding hydrogens is 273 g/mol. The van der Waals surface area contributed by atoms with Gasteiger partial charge in [-0.25, -0.2) is 0 Å². The van der Waals surface area contributed by atoms with Crippen molar-refractivity contribution in [2.24, 2.45) is 0 Å². The molecule has 0 unspecified atom stereocenters. The Morgan fingerprint density at radius 1 is 1.46 bits per heavy atom. The van der Waals surface area contributed by atoms with Crippen LogP contribution >= 0.6 is 39.1 Å². The van der Waals surface area contributed by atoms with E-state index < -0.39 is 0 Å². The summed E-state index contributed by atoms with van der Waals surface area (Å²) >= 11 is 14.9. The maximum Gasteiger partial charge on any atom is 0.0813 e. The molecule has 70 valence electrons. The fourth-order valence-corrected chi connectivity index (χ4v) is 1.51. The average Bonchev–Trinajstić information content (AvgIpc) is 2.09. The molecule has 0 aliphatic heterocycles. The highest BCUT2D eigenvalue weighted by Gasteiger charge is 1.97. The smallest absolute Gasteiger partial charge is 0.0813 e. The molecule has 13 heavy (non-hydrogen) atoms. The molecule has 0 atom stereocenters. The lowest BCUT2D eigenvalue weighted by Crippen LogP contribution is -1.81. The van der Waals surface area contributed by atoms with Gasteiger partial charge in [0.05, 0.1) is 15.7 Å². The molecule has 0 amide bonds. The van der Waals surface area contributed by atoms with Crippen molar-refractivity contribution in [1.82, 2.24) is 4.98 Å². The van der Waals surface area contributed by atoms with Gasteiger partial charge in [-0.15, -0.1) is 0 Å². The minimum Gasteiger partial charge on any atom is -0.254 e. The second kappa shape index (κ2) is 5.63. The molecule has 0 aromatic carbocycles. The molecule has 1 rings (SSSR count). The normalized spacial score (nSPS) is 11.0. The van der Waals surface area contributed by atoms with Gasteiger partial charge in [-0.05, 0) is 18.6 Å². The molecule has 0 saturated heterocycles. The number of alkyl halides is 1. The van der Waals surface area contributed by atoms with Crippen molar-refractivity contribution in [3.8, 4) is 0 Å². The van der Waals surface area contributed by atoms with Crippen LogP contribution in [0.1, 0.15) is 12.1 Å². The topological polar surface area (TPSA) is 12.9 Å². The molecule has 0 N–H and O–H groups in total. The Kier molecular flexibility index (Phi) is 4.78. The predicted octanol–water partition coefficient (Wildman–Crippen LogP) is 4.19. The summed E-state index contributed by atoms with van der Waals surface area (Å²) in [7, 11) is 0. The molecule has 0 spiro atoms. The van der Waals surface area contributed by atoms with Crippen LogP contribution < -0.4 is 0 Å². The Morgan fingerprint density at radius 2 is 2.23 bits per heavy atom. The van der Waals surface area contributed by atoms with Crippen LogP contribution in [0.15, 0.2) is 18.3 Å². The van der Waals surface area contributed by atoms with Gasteiger partial charge in [-0.2, -0.15) is 0 Å². The third-order valence-corrected chi connectivity index (χ3v) is 2.36. The summed E-state index contributed by atoms with van der Waals surface area (Å²) in [5, 5.41) is 2.08. The fourth-order valence-electron chi connectivity index (χ4n) is 0.806. The minimum absolute atomic E-state index is 0.558. The number of halogens is 3. The van der Waals surface area contributed by atoms with Crippen molar-refractivity contribution in [2.75, 3.05) is 5.33 Å². The van der Waals surface area contributed by atoms with E-state index in [1.165, 1.54) is 0 Å². The average molecular weight is 281 g/mol. The van der Waals surface area contributed by atoms with E-state index in [1.807, 2.05) is 12.2 Å². The van der Waals surface area contributed by atoms with Gasteiger partial charge in [-0.3, -0.25) is 4.98 Å². The van der Waals surface area contributed by atoms with Crippen molar-refractivity contribution < 1.29 is 0 Å². The molecule has 0 fully saturated rings. The van der Waals surface area contributed by atoms with Gasteiger partial charge in [0.2, 0.25) is 0 Å². The summed E-state index contributed by atoms with van der Waals surface area (Å²) in [5.74, 6) is 0. The zero-order chi connectivity index (χ0) is 9.68. The van der Waals surface area contributed by atoms with E-state index in [1.54, 1.807) is 12.3 Å². The van der Waals surface area contributed by atoms with Gasteiger partial charge in [0.1, 0.15) is 0 Å². The van der Waals surface area contributed by atoms with Gasteiger partial charge in [-0.1, -0.05) is 45.2 Å². The van der Waals surface area contributed by atoms with Crippen LogP contribution in [0.5, 0.6) is 0 Å². The van der Waals surface area contributed by atoms with Crippen LogP contribution in [0.25, 0.3) is 6.08 Å². The summed E-state index contributed by atoms with van der Waals surface area (Å²) in [5.41, 5.74) is 0.756. The number of hydrogen-bond donors (Lipinski definition) is 0. The Hall–Kier alpha value is -0.0500. The van der Waals surface area contributed by atoms with Crippen molar-refractivity contribution in [1.29, 1.82) is 0 Å². The molecule has 1 heterocycles. The lowest BCUT2D eigenvalue weighted by molar-refractivity contribution is 1.25. The first-order chi connectivity index (χ1) is 6.24. The van der Waals surface area contributed by atoms with E-state index in [9.17, 15) is 0 Å². The molecule has 0 radical (unpaired) electrons. The first-order valence-corrected chi connectivity index (χ1v) is 5.65. The van der Waals surface area contributed by atoms with Crippen molar-refractivity contribution >= 4 is 45.2 Å². The second-order valence-corrected chi connectivity index (χ2v) is 4.04. The standard InChI is InChI=1S/C9H8BrCl2N/c10-4-2-1-3-9-8(12)5-7(11)6-13-9/h1,3,5-6H,2,4H2. The molecule has 1 aromatic heterocycles. The Morgan fingerprint density at radius 3 is 2.85 bits per heavy atom. The van der Waals surface area contributed by atoms with Gasteiger partial charge in [0, 0.05) is 11.5 Å². The Labute approximate surface area is 95.9 Å². The van der Waals surface area contributed by atoms with Crippen LogP contribution in [0.2, 0.25) is 10.0 Å². The summed E-state index contributed by atoms with van der Waals surface area (Å²) in [6.45, 7) is 0. The monoisotopic (exact) mass is 279 g/mol. The van der Waals surface area contributed by atoms with E-state index in [0.29, 0.717) is 10.0 Å². The quantitative estimate of drug-likeness (QED) is 0.757. The summed E-state index contributed by atoms with van der Waals surface area (Å²) in [6, 6.07) is 1.68. The number of aromatic nitrogens is 1. The van der Waals surface area contributed by atoms with Crippen LogP contribution in [-0.4, -0.2) is 10.3 Å². The maximum atomic E-state index is 5.90. The van der Waals surface area contributed by atoms with Crippen LogP contribution in [-0.2, 0) is 0 Å².